The molecule has 16 heavy (non-hydrogen) atoms. The zero-order valence-corrected chi connectivity index (χ0v) is 9.40. The zero-order chi connectivity index (χ0) is 11.5. The Kier molecular flexibility index (Phi) is 2.77. The van der Waals surface area contributed by atoms with E-state index in [2.05, 4.69) is 4.98 Å². The number of rotatable bonds is 2. The fraction of sp³-hybridized carbons (Fsp3) is 0.154. The molecule has 0 bridgehead atoms. The standard InChI is InChI=1S/C13H14N2O/c1-9-4-3-5-10(2)13(9)16-11-6-7-12(14)15-8-11/h3-8H,1-2H3,(H2,14,15). The highest BCUT2D eigenvalue weighted by Crippen LogP contribution is 2.28. The quantitative estimate of drug-likeness (QED) is 0.835. The van der Waals surface area contributed by atoms with Crippen LogP contribution >= 0.6 is 0 Å². The van der Waals surface area contributed by atoms with Crippen LogP contribution < -0.4 is 10.5 Å². The molecule has 1 aromatic heterocycles. The van der Waals surface area contributed by atoms with Crippen LogP contribution in [0.2, 0.25) is 0 Å². The lowest BCUT2D eigenvalue weighted by molar-refractivity contribution is 0.473. The Bertz CT molecular complexity index is 472. The Labute approximate surface area is 94.9 Å². The van der Waals surface area contributed by atoms with Crippen molar-refractivity contribution in [2.75, 3.05) is 5.73 Å². The van der Waals surface area contributed by atoms with Crippen molar-refractivity contribution in [3.63, 3.8) is 0 Å². The molecule has 0 aliphatic heterocycles. The van der Waals surface area contributed by atoms with Gasteiger partial charge in [0.25, 0.3) is 0 Å². The first-order chi connectivity index (χ1) is 7.66. The maximum atomic E-state index is 5.78. The van der Waals surface area contributed by atoms with E-state index in [1.807, 2.05) is 38.1 Å². The number of anilines is 1. The zero-order valence-electron chi connectivity index (χ0n) is 9.40. The normalized spacial score (nSPS) is 10.1. The summed E-state index contributed by atoms with van der Waals surface area (Å²) in [7, 11) is 0. The molecule has 3 heteroatoms. The van der Waals surface area contributed by atoms with E-state index in [9.17, 15) is 0 Å². The van der Waals surface area contributed by atoms with Crippen LogP contribution in [-0.2, 0) is 0 Å². The van der Waals surface area contributed by atoms with E-state index in [0.29, 0.717) is 11.6 Å². The van der Waals surface area contributed by atoms with E-state index in [1.54, 1.807) is 12.3 Å². The number of hydrogen-bond donors (Lipinski definition) is 1. The number of nitrogens with zero attached hydrogens (tertiary/aromatic N) is 1. The van der Waals surface area contributed by atoms with Crippen molar-refractivity contribution in [3.8, 4) is 11.5 Å². The van der Waals surface area contributed by atoms with Gasteiger partial charge in [-0.1, -0.05) is 18.2 Å². The van der Waals surface area contributed by atoms with Gasteiger partial charge in [0.2, 0.25) is 0 Å². The van der Waals surface area contributed by atoms with Gasteiger partial charge >= 0.3 is 0 Å². The Morgan fingerprint density at radius 2 is 1.75 bits per heavy atom. The third-order valence-electron chi connectivity index (χ3n) is 2.39. The second-order valence-electron chi connectivity index (χ2n) is 3.74. The number of hydrogen-bond acceptors (Lipinski definition) is 3. The Hall–Kier alpha value is -2.03. The van der Waals surface area contributed by atoms with Gasteiger partial charge in [-0.3, -0.25) is 0 Å². The predicted molar refractivity (Wildman–Crippen MR) is 64.6 cm³/mol. The number of nitrogens with two attached hydrogens (primary N) is 1. The lowest BCUT2D eigenvalue weighted by atomic mass is 10.1. The number of aryl methyl sites for hydroxylation is 2. The highest BCUT2D eigenvalue weighted by molar-refractivity contribution is 5.43. The van der Waals surface area contributed by atoms with Crippen molar-refractivity contribution < 1.29 is 4.74 Å². The van der Waals surface area contributed by atoms with Crippen molar-refractivity contribution >= 4 is 5.82 Å². The molecule has 0 saturated heterocycles. The van der Waals surface area contributed by atoms with Gasteiger partial charge in [0, 0.05) is 0 Å². The van der Waals surface area contributed by atoms with Crippen LogP contribution in [0.25, 0.3) is 0 Å². The van der Waals surface area contributed by atoms with Gasteiger partial charge in [-0.05, 0) is 37.1 Å². The molecular weight excluding hydrogens is 200 g/mol. The number of benzene rings is 1. The molecule has 0 amide bonds. The Morgan fingerprint density at radius 3 is 2.31 bits per heavy atom. The first kappa shape index (κ1) is 10.5. The summed E-state index contributed by atoms with van der Waals surface area (Å²) in [5, 5.41) is 0. The first-order valence-corrected chi connectivity index (χ1v) is 5.12. The summed E-state index contributed by atoms with van der Waals surface area (Å²) in [5.74, 6) is 2.08. The Morgan fingerprint density at radius 1 is 1.06 bits per heavy atom. The molecule has 0 unspecified atom stereocenters. The van der Waals surface area contributed by atoms with Gasteiger partial charge in [0.1, 0.15) is 17.3 Å². The lowest BCUT2D eigenvalue weighted by Gasteiger charge is -2.11. The molecule has 1 aromatic carbocycles. The summed E-state index contributed by atoms with van der Waals surface area (Å²) in [4.78, 5) is 3.99. The number of aromatic nitrogens is 1. The summed E-state index contributed by atoms with van der Waals surface area (Å²) >= 11 is 0. The van der Waals surface area contributed by atoms with Crippen molar-refractivity contribution in [1.82, 2.24) is 4.98 Å². The molecule has 0 radical (unpaired) electrons. The van der Waals surface area contributed by atoms with Gasteiger partial charge in [0.15, 0.2) is 0 Å². The SMILES string of the molecule is Cc1cccc(C)c1Oc1ccc(N)nc1. The minimum absolute atomic E-state index is 0.494. The molecule has 0 aliphatic carbocycles. The molecule has 2 N–H and O–H groups in total. The highest BCUT2D eigenvalue weighted by atomic mass is 16.5. The number of ether oxygens (including phenoxy) is 1. The second-order valence-corrected chi connectivity index (χ2v) is 3.74. The average Bonchev–Trinajstić information content (AvgIpc) is 2.26. The van der Waals surface area contributed by atoms with E-state index < -0.39 is 0 Å². The molecule has 0 spiro atoms. The molecule has 1 heterocycles. The molecule has 2 rings (SSSR count). The third-order valence-corrected chi connectivity index (χ3v) is 2.39. The summed E-state index contributed by atoms with van der Waals surface area (Å²) in [6, 6.07) is 9.59. The smallest absolute Gasteiger partial charge is 0.145 e. The number of para-hydroxylation sites is 1. The topological polar surface area (TPSA) is 48.1 Å². The minimum Gasteiger partial charge on any atom is -0.455 e. The number of pyridine rings is 1. The van der Waals surface area contributed by atoms with Gasteiger partial charge in [0.05, 0.1) is 6.20 Å². The fourth-order valence-electron chi connectivity index (χ4n) is 1.53. The molecule has 0 aliphatic rings. The molecule has 3 nitrogen and oxygen atoms in total. The summed E-state index contributed by atoms with van der Waals surface area (Å²) in [5.41, 5.74) is 7.73. The molecule has 82 valence electrons. The largest absolute Gasteiger partial charge is 0.455 e. The van der Waals surface area contributed by atoms with Gasteiger partial charge < -0.3 is 10.5 Å². The van der Waals surface area contributed by atoms with Crippen LogP contribution in [0.3, 0.4) is 0 Å². The summed E-state index contributed by atoms with van der Waals surface area (Å²) in [6.07, 6.45) is 1.63. The molecule has 0 atom stereocenters. The van der Waals surface area contributed by atoms with Gasteiger partial charge in [-0.15, -0.1) is 0 Å². The second kappa shape index (κ2) is 4.23. The molecule has 0 fully saturated rings. The van der Waals surface area contributed by atoms with Crippen LogP contribution in [0.4, 0.5) is 5.82 Å². The van der Waals surface area contributed by atoms with Crippen molar-refractivity contribution in [3.05, 3.63) is 47.7 Å². The summed E-state index contributed by atoms with van der Waals surface area (Å²) in [6.45, 7) is 4.04. The summed E-state index contributed by atoms with van der Waals surface area (Å²) < 4.78 is 5.78. The average molecular weight is 214 g/mol. The maximum Gasteiger partial charge on any atom is 0.145 e. The third kappa shape index (κ3) is 2.14. The molecule has 0 saturated carbocycles. The maximum absolute atomic E-state index is 5.78. The fourth-order valence-corrected chi connectivity index (χ4v) is 1.53. The van der Waals surface area contributed by atoms with E-state index in [4.69, 9.17) is 10.5 Å². The lowest BCUT2D eigenvalue weighted by Crippen LogP contribution is -1.93. The Balaban J connectivity index is 2.30. The van der Waals surface area contributed by atoms with Crippen molar-refractivity contribution in [2.24, 2.45) is 0 Å². The van der Waals surface area contributed by atoms with E-state index in [1.165, 1.54) is 0 Å². The minimum atomic E-state index is 0.494. The number of nitrogen functional groups attached to an aromatic ring is 1. The van der Waals surface area contributed by atoms with E-state index in [-0.39, 0.29) is 0 Å². The van der Waals surface area contributed by atoms with Crippen LogP contribution in [0.15, 0.2) is 36.5 Å². The van der Waals surface area contributed by atoms with E-state index in [0.717, 1.165) is 16.9 Å². The van der Waals surface area contributed by atoms with Crippen molar-refractivity contribution in [1.29, 1.82) is 0 Å². The molecule has 2 aromatic rings. The van der Waals surface area contributed by atoms with Gasteiger partial charge in [-0.25, -0.2) is 4.98 Å². The van der Waals surface area contributed by atoms with Crippen LogP contribution in [0, 0.1) is 13.8 Å². The van der Waals surface area contributed by atoms with Crippen molar-refractivity contribution in [2.45, 2.75) is 13.8 Å². The predicted octanol–water partition coefficient (Wildman–Crippen LogP) is 3.07. The van der Waals surface area contributed by atoms with Crippen LogP contribution in [-0.4, -0.2) is 4.98 Å². The van der Waals surface area contributed by atoms with Crippen LogP contribution in [0.5, 0.6) is 11.5 Å². The van der Waals surface area contributed by atoms with Gasteiger partial charge in [-0.2, -0.15) is 0 Å². The first-order valence-electron chi connectivity index (χ1n) is 5.12. The monoisotopic (exact) mass is 214 g/mol. The van der Waals surface area contributed by atoms with Crippen LogP contribution in [0.1, 0.15) is 11.1 Å². The van der Waals surface area contributed by atoms with E-state index >= 15 is 0 Å². The molecular formula is C13H14N2O. The highest BCUT2D eigenvalue weighted by Gasteiger charge is 2.04.